The van der Waals surface area contributed by atoms with Crippen molar-refractivity contribution in [1.29, 1.82) is 0 Å². The zero-order chi connectivity index (χ0) is 17.4. The number of amides is 1. The molecule has 1 heterocycles. The van der Waals surface area contributed by atoms with Gasteiger partial charge in [-0.1, -0.05) is 0 Å². The largest absolute Gasteiger partial charge is 0.497 e. The molecule has 0 unspecified atom stereocenters. The number of anilines is 1. The first-order valence-corrected chi connectivity index (χ1v) is 7.86. The van der Waals surface area contributed by atoms with Crippen molar-refractivity contribution in [3.05, 3.63) is 48.2 Å². The Morgan fingerprint density at radius 3 is 2.42 bits per heavy atom. The molecule has 6 nitrogen and oxygen atoms in total. The van der Waals surface area contributed by atoms with E-state index in [-0.39, 0.29) is 5.91 Å². The van der Waals surface area contributed by atoms with Crippen LogP contribution in [-0.4, -0.2) is 37.2 Å². The Bertz CT molecular complexity index is 640. The molecule has 24 heavy (non-hydrogen) atoms. The second-order valence-corrected chi connectivity index (χ2v) is 5.51. The number of aromatic nitrogens is 1. The van der Waals surface area contributed by atoms with E-state index in [1.165, 1.54) is 0 Å². The summed E-state index contributed by atoms with van der Waals surface area (Å²) in [4.78, 5) is 16.2. The number of hydrogen-bond donors (Lipinski definition) is 2. The maximum atomic E-state index is 12.0. The first kappa shape index (κ1) is 17.6. The highest BCUT2D eigenvalue weighted by Gasteiger charge is 2.06. The number of rotatable bonds is 8. The number of nitrogens with one attached hydrogen (secondary N) is 2. The fourth-order valence-corrected chi connectivity index (χ4v) is 2.02. The van der Waals surface area contributed by atoms with Gasteiger partial charge in [0.1, 0.15) is 23.9 Å². The Morgan fingerprint density at radius 1 is 1.12 bits per heavy atom. The lowest BCUT2D eigenvalue weighted by Crippen LogP contribution is -2.28. The monoisotopic (exact) mass is 329 g/mol. The smallest absolute Gasteiger partial charge is 0.252 e. The Kier molecular flexibility index (Phi) is 6.42. The van der Waals surface area contributed by atoms with Gasteiger partial charge in [0.2, 0.25) is 0 Å². The summed E-state index contributed by atoms with van der Waals surface area (Å²) >= 11 is 0. The Hall–Kier alpha value is -2.76. The lowest BCUT2D eigenvalue weighted by Gasteiger charge is -2.10. The number of hydrogen-bond acceptors (Lipinski definition) is 5. The van der Waals surface area contributed by atoms with Crippen LogP contribution >= 0.6 is 0 Å². The second kappa shape index (κ2) is 8.76. The molecule has 6 heteroatoms. The summed E-state index contributed by atoms with van der Waals surface area (Å²) in [6, 6.07) is 11.1. The number of ether oxygens (including phenoxy) is 2. The normalized spacial score (nSPS) is 10.3. The van der Waals surface area contributed by atoms with Crippen molar-refractivity contribution in [2.45, 2.75) is 19.9 Å². The van der Waals surface area contributed by atoms with E-state index in [9.17, 15) is 4.79 Å². The SMILES string of the molecule is COc1ccc(OCCNC(=O)c2ccc(NC(C)C)nc2)cc1. The van der Waals surface area contributed by atoms with Crippen LogP contribution in [0.25, 0.3) is 0 Å². The van der Waals surface area contributed by atoms with Crippen LogP contribution < -0.4 is 20.1 Å². The number of pyridine rings is 1. The van der Waals surface area contributed by atoms with Gasteiger partial charge in [-0.2, -0.15) is 0 Å². The van der Waals surface area contributed by atoms with Gasteiger partial charge in [0, 0.05) is 12.2 Å². The second-order valence-electron chi connectivity index (χ2n) is 5.51. The van der Waals surface area contributed by atoms with E-state index in [4.69, 9.17) is 9.47 Å². The summed E-state index contributed by atoms with van der Waals surface area (Å²) in [6.45, 7) is 4.87. The van der Waals surface area contributed by atoms with E-state index in [0.717, 1.165) is 17.3 Å². The number of carbonyl (C=O) groups is 1. The number of nitrogens with zero attached hydrogens (tertiary/aromatic N) is 1. The molecule has 0 spiro atoms. The van der Waals surface area contributed by atoms with E-state index in [0.29, 0.717) is 24.8 Å². The first-order chi connectivity index (χ1) is 11.6. The summed E-state index contributed by atoms with van der Waals surface area (Å²) < 4.78 is 10.6. The fraction of sp³-hybridized carbons (Fsp3) is 0.333. The van der Waals surface area contributed by atoms with Crippen molar-refractivity contribution in [1.82, 2.24) is 10.3 Å². The van der Waals surface area contributed by atoms with Crippen LogP contribution in [0.4, 0.5) is 5.82 Å². The van der Waals surface area contributed by atoms with Crippen molar-refractivity contribution in [3.63, 3.8) is 0 Å². The summed E-state index contributed by atoms with van der Waals surface area (Å²) in [5, 5.41) is 5.98. The summed E-state index contributed by atoms with van der Waals surface area (Å²) in [5.41, 5.74) is 0.522. The highest BCUT2D eigenvalue weighted by atomic mass is 16.5. The lowest BCUT2D eigenvalue weighted by atomic mass is 10.2. The van der Waals surface area contributed by atoms with Gasteiger partial charge >= 0.3 is 0 Å². The zero-order valence-electron chi connectivity index (χ0n) is 14.2. The molecule has 0 aliphatic rings. The quantitative estimate of drug-likeness (QED) is 0.729. The van der Waals surface area contributed by atoms with Crippen molar-refractivity contribution in [2.75, 3.05) is 25.6 Å². The lowest BCUT2D eigenvalue weighted by molar-refractivity contribution is 0.0946. The van der Waals surface area contributed by atoms with Gasteiger partial charge in [0.05, 0.1) is 19.2 Å². The average molecular weight is 329 g/mol. The molecule has 1 aromatic heterocycles. The zero-order valence-corrected chi connectivity index (χ0v) is 14.2. The molecule has 2 N–H and O–H groups in total. The number of carbonyl (C=O) groups excluding carboxylic acids is 1. The summed E-state index contributed by atoms with van der Waals surface area (Å²) in [5.74, 6) is 2.09. The predicted octanol–water partition coefficient (Wildman–Crippen LogP) is 2.72. The van der Waals surface area contributed by atoms with E-state index >= 15 is 0 Å². The van der Waals surface area contributed by atoms with Gasteiger partial charge in [-0.25, -0.2) is 4.98 Å². The molecule has 0 aliphatic carbocycles. The summed E-state index contributed by atoms with van der Waals surface area (Å²) in [7, 11) is 1.62. The van der Waals surface area contributed by atoms with Crippen molar-refractivity contribution in [3.8, 4) is 11.5 Å². The molecule has 0 saturated carbocycles. The van der Waals surface area contributed by atoms with Crippen molar-refractivity contribution < 1.29 is 14.3 Å². The van der Waals surface area contributed by atoms with Crippen molar-refractivity contribution in [2.24, 2.45) is 0 Å². The molecular formula is C18H23N3O3. The minimum atomic E-state index is -0.170. The van der Waals surface area contributed by atoms with Gasteiger partial charge in [-0.05, 0) is 50.2 Å². The standard InChI is InChI=1S/C18H23N3O3/c1-13(2)21-17-9-4-14(12-20-17)18(22)19-10-11-24-16-7-5-15(23-3)6-8-16/h4-9,12-13H,10-11H2,1-3H3,(H,19,22)(H,20,21). The van der Waals surface area contributed by atoms with Gasteiger partial charge in [0.15, 0.2) is 0 Å². The number of methoxy groups -OCH3 is 1. The molecule has 128 valence electrons. The molecule has 0 aliphatic heterocycles. The third-order valence-corrected chi connectivity index (χ3v) is 3.18. The first-order valence-electron chi connectivity index (χ1n) is 7.86. The van der Waals surface area contributed by atoms with Gasteiger partial charge in [-0.15, -0.1) is 0 Å². The van der Waals surface area contributed by atoms with Crippen LogP contribution in [0, 0.1) is 0 Å². The highest BCUT2D eigenvalue weighted by Crippen LogP contribution is 2.16. The Balaban J connectivity index is 1.74. The van der Waals surface area contributed by atoms with E-state index in [1.54, 1.807) is 25.4 Å². The van der Waals surface area contributed by atoms with Crippen LogP contribution in [0.1, 0.15) is 24.2 Å². The average Bonchev–Trinajstić information content (AvgIpc) is 2.59. The van der Waals surface area contributed by atoms with Crippen molar-refractivity contribution >= 4 is 11.7 Å². The van der Waals surface area contributed by atoms with E-state index in [1.807, 2.05) is 38.1 Å². The molecular weight excluding hydrogens is 306 g/mol. The summed E-state index contributed by atoms with van der Waals surface area (Å²) in [6.07, 6.45) is 1.56. The molecule has 2 rings (SSSR count). The molecule has 1 amide bonds. The molecule has 0 fully saturated rings. The molecule has 0 bridgehead atoms. The molecule has 1 aromatic carbocycles. The molecule has 0 radical (unpaired) electrons. The fourth-order valence-electron chi connectivity index (χ4n) is 2.02. The number of benzene rings is 1. The minimum Gasteiger partial charge on any atom is -0.497 e. The third-order valence-electron chi connectivity index (χ3n) is 3.18. The van der Waals surface area contributed by atoms with E-state index in [2.05, 4.69) is 15.6 Å². The van der Waals surface area contributed by atoms with E-state index < -0.39 is 0 Å². The van der Waals surface area contributed by atoms with Crippen LogP contribution in [0.5, 0.6) is 11.5 Å². The molecule has 0 saturated heterocycles. The maximum absolute atomic E-state index is 12.0. The predicted molar refractivity (Wildman–Crippen MR) is 93.8 cm³/mol. The van der Waals surface area contributed by atoms with Crippen LogP contribution in [0.3, 0.4) is 0 Å². The maximum Gasteiger partial charge on any atom is 0.252 e. The van der Waals surface area contributed by atoms with Gasteiger partial charge < -0.3 is 20.1 Å². The van der Waals surface area contributed by atoms with Gasteiger partial charge in [-0.3, -0.25) is 4.79 Å². The topological polar surface area (TPSA) is 72.5 Å². The molecule has 2 aromatic rings. The van der Waals surface area contributed by atoms with Gasteiger partial charge in [0.25, 0.3) is 5.91 Å². The minimum absolute atomic E-state index is 0.170. The molecule has 0 atom stereocenters. The van der Waals surface area contributed by atoms with Crippen LogP contribution in [0.15, 0.2) is 42.6 Å². The Labute approximate surface area is 142 Å². The third kappa shape index (κ3) is 5.46. The Morgan fingerprint density at radius 2 is 1.83 bits per heavy atom. The van der Waals surface area contributed by atoms with Crippen LogP contribution in [-0.2, 0) is 0 Å². The van der Waals surface area contributed by atoms with Crippen LogP contribution in [0.2, 0.25) is 0 Å². The highest BCUT2D eigenvalue weighted by molar-refractivity contribution is 5.94.